The van der Waals surface area contributed by atoms with Gasteiger partial charge in [0.1, 0.15) is 11.7 Å². The molecule has 11 heteroatoms. The minimum Gasteiger partial charge on any atom is -0.313 e. The number of carbonyl (C=O) groups is 4. The van der Waals surface area contributed by atoms with Gasteiger partial charge in [0.15, 0.2) is 0 Å². The van der Waals surface area contributed by atoms with E-state index in [0.29, 0.717) is 59.3 Å². The van der Waals surface area contributed by atoms with Crippen molar-refractivity contribution in [2.75, 3.05) is 39.3 Å². The highest BCUT2D eigenvalue weighted by Gasteiger charge is 2.37. The minimum atomic E-state index is -0.412. The Morgan fingerprint density at radius 2 is 0.927 bits per heavy atom. The molecule has 41 heavy (non-hydrogen) atoms. The molecule has 4 heterocycles. The number of benzene rings is 2. The van der Waals surface area contributed by atoms with Gasteiger partial charge in [0.25, 0.3) is 23.6 Å². The van der Waals surface area contributed by atoms with Crippen LogP contribution in [0, 0.1) is 0 Å². The van der Waals surface area contributed by atoms with E-state index in [4.69, 9.17) is 0 Å². The highest BCUT2D eigenvalue weighted by molar-refractivity contribution is 6.22. The van der Waals surface area contributed by atoms with Gasteiger partial charge in [0.2, 0.25) is 0 Å². The van der Waals surface area contributed by atoms with Crippen LogP contribution in [0.5, 0.6) is 0 Å². The summed E-state index contributed by atoms with van der Waals surface area (Å²) in [7, 11) is 0. The number of rotatable bonds is 4. The van der Waals surface area contributed by atoms with Crippen LogP contribution in [0.3, 0.4) is 0 Å². The number of carbonyl (C=O) groups excluding carboxylic acids is 4. The summed E-state index contributed by atoms with van der Waals surface area (Å²) in [5.41, 5.74) is 2.75. The van der Waals surface area contributed by atoms with E-state index in [1.54, 1.807) is 48.5 Å². The first-order chi connectivity index (χ1) is 19.4. The molecule has 4 aliphatic rings. The zero-order valence-corrected chi connectivity index (χ0v) is 23.2. The second-order valence-electron chi connectivity index (χ2n) is 10.1. The number of imide groups is 2. The fourth-order valence-corrected chi connectivity index (χ4v) is 5.24. The van der Waals surface area contributed by atoms with E-state index in [9.17, 15) is 28.0 Å². The third-order valence-electron chi connectivity index (χ3n) is 7.46. The molecule has 4 aliphatic heterocycles. The van der Waals surface area contributed by atoms with Gasteiger partial charge in [-0.1, -0.05) is 24.3 Å². The second kappa shape index (κ2) is 13.3. The molecule has 2 saturated heterocycles. The number of fused-ring (bicyclic) bond motifs is 2. The fourth-order valence-electron chi connectivity index (χ4n) is 5.24. The van der Waals surface area contributed by atoms with Crippen LogP contribution in [0.1, 0.15) is 67.1 Å². The lowest BCUT2D eigenvalue weighted by atomic mass is 10.1. The molecule has 2 N–H and O–H groups in total. The predicted molar refractivity (Wildman–Crippen MR) is 151 cm³/mol. The minimum absolute atomic E-state index is 0. The van der Waals surface area contributed by atoms with Gasteiger partial charge in [-0.15, -0.1) is 12.4 Å². The van der Waals surface area contributed by atoms with Gasteiger partial charge in [-0.3, -0.25) is 29.0 Å². The van der Waals surface area contributed by atoms with Gasteiger partial charge >= 0.3 is 0 Å². The summed E-state index contributed by atoms with van der Waals surface area (Å²) in [4.78, 5) is 50.5. The first kappa shape index (κ1) is 30.2. The van der Waals surface area contributed by atoms with Crippen molar-refractivity contribution < 1.29 is 28.0 Å². The Morgan fingerprint density at radius 1 is 0.610 bits per heavy atom. The lowest BCUT2D eigenvalue weighted by molar-refractivity contribution is 0.0644. The van der Waals surface area contributed by atoms with Crippen molar-refractivity contribution >= 4 is 36.0 Å². The van der Waals surface area contributed by atoms with E-state index in [0.717, 1.165) is 35.7 Å². The Labute approximate surface area is 242 Å². The van der Waals surface area contributed by atoms with Crippen molar-refractivity contribution in [3.8, 4) is 0 Å². The zero-order valence-electron chi connectivity index (χ0n) is 22.4. The van der Waals surface area contributed by atoms with Gasteiger partial charge in [-0.2, -0.15) is 0 Å². The van der Waals surface area contributed by atoms with Gasteiger partial charge in [-0.05, 0) is 74.2 Å². The van der Waals surface area contributed by atoms with Gasteiger partial charge in [0, 0.05) is 13.1 Å². The largest absolute Gasteiger partial charge is 0.313 e. The van der Waals surface area contributed by atoms with Crippen LogP contribution < -0.4 is 10.6 Å². The van der Waals surface area contributed by atoms with Crippen LogP contribution in [0.4, 0.5) is 8.78 Å². The van der Waals surface area contributed by atoms with Crippen LogP contribution in [-0.4, -0.2) is 72.7 Å². The average molecular weight is 585 g/mol. The highest BCUT2D eigenvalue weighted by atomic mass is 35.5. The van der Waals surface area contributed by atoms with E-state index in [1.807, 2.05) is 0 Å². The molecule has 8 nitrogen and oxygen atoms in total. The summed E-state index contributed by atoms with van der Waals surface area (Å²) in [6.07, 6.45) is 3.12. The van der Waals surface area contributed by atoms with Crippen LogP contribution in [-0.2, 0) is 0 Å². The molecule has 4 amide bonds. The molecule has 6 rings (SSSR count). The number of amides is 4. The Bertz CT molecular complexity index is 1250. The predicted octanol–water partition coefficient (Wildman–Crippen LogP) is 4.20. The number of hydrogen-bond acceptors (Lipinski definition) is 6. The maximum absolute atomic E-state index is 14.2. The lowest BCUT2D eigenvalue weighted by Gasteiger charge is -2.19. The molecule has 2 aromatic rings. The number of hydrogen-bond donors (Lipinski definition) is 2. The molecule has 0 radical (unpaired) electrons. The van der Waals surface area contributed by atoms with E-state index in [1.165, 1.54) is 0 Å². The topological polar surface area (TPSA) is 98.8 Å². The summed E-state index contributed by atoms with van der Waals surface area (Å²) in [6.45, 7) is 2.23. The standard InChI is InChI=1S/2C15H15FN2O2.ClH/c2*16-13(10-4-3-7-17-8-10)9-18-14(19)11-5-1-2-6-12(11)15(18)20;/h2*1-2,5-6,17H,3-4,7-9H2;1H/b2*13-10+;. The molecule has 0 spiro atoms. The molecule has 2 fully saturated rings. The van der Waals surface area contributed by atoms with E-state index in [-0.39, 0.29) is 37.2 Å². The molecule has 0 aliphatic carbocycles. The van der Waals surface area contributed by atoms with Gasteiger partial charge in [0.05, 0.1) is 35.3 Å². The first-order valence-corrected chi connectivity index (χ1v) is 13.4. The summed E-state index contributed by atoms with van der Waals surface area (Å²) in [6, 6.07) is 13.2. The fraction of sp³-hybridized carbons (Fsp3) is 0.333. The quantitative estimate of drug-likeness (QED) is 0.523. The van der Waals surface area contributed by atoms with Crippen LogP contribution >= 0.6 is 12.4 Å². The highest BCUT2D eigenvalue weighted by Crippen LogP contribution is 2.26. The van der Waals surface area contributed by atoms with E-state index >= 15 is 0 Å². The first-order valence-electron chi connectivity index (χ1n) is 13.4. The van der Waals surface area contributed by atoms with Crippen molar-refractivity contribution in [3.63, 3.8) is 0 Å². The maximum atomic E-state index is 14.2. The van der Waals surface area contributed by atoms with E-state index in [2.05, 4.69) is 10.6 Å². The van der Waals surface area contributed by atoms with Crippen molar-refractivity contribution in [1.82, 2.24) is 20.4 Å². The number of nitrogens with zero attached hydrogens (tertiary/aromatic N) is 2. The Hall–Kier alpha value is -3.73. The van der Waals surface area contributed by atoms with Crippen molar-refractivity contribution in [1.29, 1.82) is 0 Å². The molecule has 216 valence electrons. The molecule has 0 unspecified atom stereocenters. The number of piperidine rings is 2. The Kier molecular flexibility index (Phi) is 9.80. The molecule has 2 aromatic carbocycles. The number of nitrogens with one attached hydrogen (secondary N) is 2. The smallest absolute Gasteiger partial charge is 0.261 e. The van der Waals surface area contributed by atoms with Crippen LogP contribution in [0.2, 0.25) is 0 Å². The number of halogens is 3. The third-order valence-corrected chi connectivity index (χ3v) is 7.46. The van der Waals surface area contributed by atoms with E-state index < -0.39 is 23.6 Å². The van der Waals surface area contributed by atoms with Crippen LogP contribution in [0.25, 0.3) is 0 Å². The molecule has 0 atom stereocenters. The van der Waals surface area contributed by atoms with Gasteiger partial charge in [-0.25, -0.2) is 8.78 Å². The van der Waals surface area contributed by atoms with Crippen molar-refractivity contribution in [2.45, 2.75) is 25.7 Å². The maximum Gasteiger partial charge on any atom is 0.261 e. The summed E-state index contributed by atoms with van der Waals surface area (Å²) < 4.78 is 28.4. The molecular formula is C30H31ClF2N4O4. The SMILES string of the molecule is Cl.O=C1c2ccccc2C(=O)N1C/C(F)=C1/CCCNC1.O=C1c2ccccc2C(=O)N1C/C(F)=C1/CCCNC1. The normalized spacial score (nSPS) is 20.6. The second-order valence-corrected chi connectivity index (χ2v) is 10.1. The van der Waals surface area contributed by atoms with Crippen molar-refractivity contribution in [2.24, 2.45) is 0 Å². The Morgan fingerprint density at radius 3 is 1.20 bits per heavy atom. The third kappa shape index (κ3) is 6.29. The molecular weight excluding hydrogens is 554 g/mol. The molecule has 0 aromatic heterocycles. The van der Waals surface area contributed by atoms with Crippen molar-refractivity contribution in [3.05, 3.63) is 93.6 Å². The van der Waals surface area contributed by atoms with Gasteiger partial charge < -0.3 is 10.6 Å². The molecule has 0 bridgehead atoms. The summed E-state index contributed by atoms with van der Waals surface area (Å²) >= 11 is 0. The Balaban J connectivity index is 0.000000184. The average Bonchev–Trinajstić information content (AvgIpc) is 3.39. The molecule has 0 saturated carbocycles. The summed E-state index contributed by atoms with van der Waals surface area (Å²) in [5, 5.41) is 6.19. The lowest BCUT2D eigenvalue weighted by Crippen LogP contribution is -2.32. The monoisotopic (exact) mass is 584 g/mol. The summed E-state index contributed by atoms with van der Waals surface area (Å²) in [5.74, 6) is -2.39. The zero-order chi connectivity index (χ0) is 28.2. The van der Waals surface area contributed by atoms with Crippen LogP contribution in [0.15, 0.2) is 71.3 Å².